The molecule has 45 heavy (non-hydrogen) atoms. The van der Waals surface area contributed by atoms with Gasteiger partial charge in [0.05, 0.1) is 6.54 Å². The molecule has 1 saturated carbocycles. The topological polar surface area (TPSA) is 115 Å². The summed E-state index contributed by atoms with van der Waals surface area (Å²) in [6.45, 7) is 0.276. The van der Waals surface area contributed by atoms with Crippen molar-refractivity contribution < 1.29 is 45.8 Å². The van der Waals surface area contributed by atoms with Crippen molar-refractivity contribution >= 4 is 27.6 Å². The fraction of sp³-hybridized carbons (Fsp3) is 0.375. The second-order valence-electron chi connectivity index (χ2n) is 11.5. The molecule has 3 aromatic carbocycles. The van der Waals surface area contributed by atoms with Crippen LogP contribution in [0.1, 0.15) is 77.9 Å². The summed E-state index contributed by atoms with van der Waals surface area (Å²) in [5, 5.41) is 19.7. The molecule has 13 heteroatoms. The summed E-state index contributed by atoms with van der Waals surface area (Å²) >= 11 is 0. The molecule has 5 rings (SSSR count). The zero-order chi connectivity index (χ0) is 32.6. The Morgan fingerprint density at radius 3 is 2.09 bits per heavy atom. The Bertz CT molecular complexity index is 1710. The minimum Gasteiger partial charge on any atom is -0.507 e. The third-order valence-electron chi connectivity index (χ3n) is 8.68. The van der Waals surface area contributed by atoms with Crippen molar-refractivity contribution in [2.75, 3.05) is 11.4 Å². The lowest BCUT2D eigenvalue weighted by molar-refractivity contribution is -0.121. The fourth-order valence-corrected chi connectivity index (χ4v) is 7.97. The van der Waals surface area contributed by atoms with E-state index in [4.69, 9.17) is 0 Å². The Morgan fingerprint density at radius 1 is 0.889 bits per heavy atom. The monoisotopic (exact) mass is 648 g/mol. The van der Waals surface area contributed by atoms with E-state index >= 15 is 0 Å². The number of halogens is 4. The molecule has 0 unspecified atom stereocenters. The molecular weight excluding hydrogens is 616 g/mol. The lowest BCUT2D eigenvalue weighted by Gasteiger charge is -2.30. The Hall–Kier alpha value is -3.97. The summed E-state index contributed by atoms with van der Waals surface area (Å²) in [7, 11) is -5.26. The van der Waals surface area contributed by atoms with Crippen molar-refractivity contribution in [3.63, 3.8) is 0 Å². The van der Waals surface area contributed by atoms with E-state index in [9.17, 15) is 45.8 Å². The molecule has 1 amide bonds. The molecule has 2 N–H and O–H groups in total. The van der Waals surface area contributed by atoms with Gasteiger partial charge in [-0.2, -0.15) is 4.31 Å². The average Bonchev–Trinajstić information content (AvgIpc) is 3.53. The Balaban J connectivity index is 1.52. The second kappa shape index (κ2) is 12.8. The van der Waals surface area contributed by atoms with E-state index in [-0.39, 0.29) is 31.6 Å². The Morgan fingerprint density at radius 2 is 1.51 bits per heavy atom. The number of nitrogens with zero attached hydrogens (tertiary/aromatic N) is 2. The molecule has 2 fully saturated rings. The van der Waals surface area contributed by atoms with Gasteiger partial charge in [-0.05, 0) is 61.8 Å². The van der Waals surface area contributed by atoms with Crippen molar-refractivity contribution in [2.45, 2.75) is 75.3 Å². The van der Waals surface area contributed by atoms with E-state index < -0.39 is 73.0 Å². The number of hydrogen-bond acceptors (Lipinski definition) is 5. The number of sulfonamides is 1. The number of benzene rings is 3. The number of carbonyl (C=O) groups is 2. The summed E-state index contributed by atoms with van der Waals surface area (Å²) in [5.74, 6) is -10.4. The molecule has 1 aliphatic carbocycles. The van der Waals surface area contributed by atoms with Gasteiger partial charge in [0.15, 0.2) is 28.2 Å². The Kier molecular flexibility index (Phi) is 9.22. The smallest absolute Gasteiger partial charge is 0.339 e. The number of anilines is 1. The highest BCUT2D eigenvalue weighted by molar-refractivity contribution is 7.89. The van der Waals surface area contributed by atoms with Crippen LogP contribution in [0.5, 0.6) is 5.75 Å². The third-order valence-corrected chi connectivity index (χ3v) is 10.6. The van der Waals surface area contributed by atoms with Gasteiger partial charge < -0.3 is 15.1 Å². The number of carboxylic acid groups (broad SMARTS) is 1. The number of rotatable bonds is 8. The standard InChI is InChI=1S/C32H32F4N2O6S/c1-18-26(33)28(35)30(29(36)27(18)34)45(43,44)38-15-5-8-24(38)31(40)37(22-13-14-23(32(41)42)25(39)16-22)17-19-9-11-21(12-10-19)20-6-3-2-4-7-20/h9-14,16,20,24,39H,2-8,15,17H2,1H3,(H,41,42)/t24-/m0/s1. The van der Waals surface area contributed by atoms with Crippen LogP contribution in [0.2, 0.25) is 0 Å². The summed E-state index contributed by atoms with van der Waals surface area (Å²) < 4.78 is 86.0. The van der Waals surface area contributed by atoms with Gasteiger partial charge in [0.25, 0.3) is 0 Å². The normalized spacial score (nSPS) is 17.8. The highest BCUT2D eigenvalue weighted by atomic mass is 32.2. The maximum atomic E-state index is 14.8. The molecule has 1 aliphatic heterocycles. The first kappa shape index (κ1) is 32.4. The number of carbonyl (C=O) groups excluding carboxylic acids is 1. The molecule has 3 aromatic rings. The number of hydrogen-bond donors (Lipinski definition) is 2. The summed E-state index contributed by atoms with van der Waals surface area (Å²) in [6, 6.07) is 9.44. The SMILES string of the molecule is Cc1c(F)c(F)c(S(=O)(=O)N2CCC[C@H]2C(=O)N(Cc2ccc(C3CCCCC3)cc2)c2ccc(C(=O)O)c(O)c2)c(F)c1F. The number of aromatic hydroxyl groups is 1. The average molecular weight is 649 g/mol. The van der Waals surface area contributed by atoms with Crippen LogP contribution in [0.3, 0.4) is 0 Å². The minimum atomic E-state index is -5.26. The molecule has 0 aromatic heterocycles. The highest BCUT2D eigenvalue weighted by Gasteiger charge is 2.45. The van der Waals surface area contributed by atoms with Crippen LogP contribution in [-0.2, 0) is 21.4 Å². The summed E-state index contributed by atoms with van der Waals surface area (Å²) in [5.41, 5.74) is 0.366. The molecule has 240 valence electrons. The number of phenols is 1. The van der Waals surface area contributed by atoms with Crippen molar-refractivity contribution in [2.24, 2.45) is 0 Å². The van der Waals surface area contributed by atoms with Gasteiger partial charge in [0.2, 0.25) is 15.9 Å². The molecule has 8 nitrogen and oxygen atoms in total. The van der Waals surface area contributed by atoms with Crippen LogP contribution in [-0.4, -0.2) is 47.4 Å². The van der Waals surface area contributed by atoms with Gasteiger partial charge in [-0.25, -0.2) is 30.8 Å². The van der Waals surface area contributed by atoms with Gasteiger partial charge >= 0.3 is 5.97 Å². The number of aromatic carboxylic acids is 1. The van der Waals surface area contributed by atoms with E-state index in [1.165, 1.54) is 12.5 Å². The van der Waals surface area contributed by atoms with Crippen LogP contribution in [0.4, 0.5) is 23.2 Å². The largest absolute Gasteiger partial charge is 0.507 e. The maximum absolute atomic E-state index is 14.8. The predicted octanol–water partition coefficient (Wildman–Crippen LogP) is 6.39. The zero-order valence-electron chi connectivity index (χ0n) is 24.4. The molecule has 0 spiro atoms. The van der Waals surface area contributed by atoms with Gasteiger partial charge in [0, 0.05) is 23.9 Å². The van der Waals surface area contributed by atoms with Gasteiger partial charge in [-0.3, -0.25) is 4.79 Å². The predicted molar refractivity (Wildman–Crippen MR) is 156 cm³/mol. The van der Waals surface area contributed by atoms with Crippen molar-refractivity contribution in [1.82, 2.24) is 4.31 Å². The van der Waals surface area contributed by atoms with Crippen LogP contribution >= 0.6 is 0 Å². The lowest BCUT2D eigenvalue weighted by Crippen LogP contribution is -2.48. The lowest BCUT2D eigenvalue weighted by atomic mass is 9.84. The van der Waals surface area contributed by atoms with Crippen LogP contribution < -0.4 is 4.90 Å². The molecule has 1 heterocycles. The fourth-order valence-electron chi connectivity index (χ4n) is 6.20. The van der Waals surface area contributed by atoms with E-state index in [1.54, 1.807) is 0 Å². The molecule has 1 atom stereocenters. The summed E-state index contributed by atoms with van der Waals surface area (Å²) in [4.78, 5) is 24.9. The van der Waals surface area contributed by atoms with E-state index in [0.717, 1.165) is 55.2 Å². The van der Waals surface area contributed by atoms with Gasteiger partial charge in [-0.1, -0.05) is 43.5 Å². The minimum absolute atomic E-state index is 0.0351. The van der Waals surface area contributed by atoms with Crippen molar-refractivity contribution in [1.29, 1.82) is 0 Å². The second-order valence-corrected chi connectivity index (χ2v) is 13.3. The van der Waals surface area contributed by atoms with E-state index in [1.807, 2.05) is 24.3 Å². The highest BCUT2D eigenvalue weighted by Crippen LogP contribution is 2.36. The first-order chi connectivity index (χ1) is 21.3. The molecule has 0 bridgehead atoms. The molecular formula is C32H32F4N2O6S. The van der Waals surface area contributed by atoms with Crippen molar-refractivity contribution in [3.8, 4) is 5.75 Å². The Labute approximate surface area is 257 Å². The van der Waals surface area contributed by atoms with Gasteiger partial charge in [-0.15, -0.1) is 0 Å². The number of amides is 1. The first-order valence-electron chi connectivity index (χ1n) is 14.6. The zero-order valence-corrected chi connectivity index (χ0v) is 25.2. The van der Waals surface area contributed by atoms with Crippen LogP contribution in [0, 0.1) is 30.2 Å². The quantitative estimate of drug-likeness (QED) is 0.216. The first-order valence-corrected chi connectivity index (χ1v) is 16.1. The molecule has 1 saturated heterocycles. The van der Waals surface area contributed by atoms with E-state index in [0.29, 0.717) is 15.8 Å². The maximum Gasteiger partial charge on any atom is 0.339 e. The van der Waals surface area contributed by atoms with Crippen molar-refractivity contribution in [3.05, 3.63) is 88.0 Å². The molecule has 0 radical (unpaired) electrons. The number of carboxylic acids is 1. The van der Waals surface area contributed by atoms with Crippen LogP contribution in [0.25, 0.3) is 0 Å². The summed E-state index contributed by atoms with van der Waals surface area (Å²) in [6.07, 6.45) is 5.64. The molecule has 2 aliphatic rings. The van der Waals surface area contributed by atoms with Gasteiger partial charge in [0.1, 0.15) is 17.4 Å². The third kappa shape index (κ3) is 6.15. The van der Waals surface area contributed by atoms with E-state index in [2.05, 4.69) is 0 Å². The van der Waals surface area contributed by atoms with Crippen LogP contribution in [0.15, 0.2) is 47.4 Å².